The molecule has 0 radical (unpaired) electrons. The zero-order valence-corrected chi connectivity index (χ0v) is 14.6. The summed E-state index contributed by atoms with van der Waals surface area (Å²) in [6.07, 6.45) is 1.24. The van der Waals surface area contributed by atoms with Gasteiger partial charge in [-0.05, 0) is 43.8 Å². The molecule has 0 aromatic heterocycles. The molecule has 1 aliphatic heterocycles. The van der Waals surface area contributed by atoms with Crippen LogP contribution in [0.1, 0.15) is 40.5 Å². The molecule has 1 heterocycles. The average Bonchev–Trinajstić information content (AvgIpc) is 3.31. The van der Waals surface area contributed by atoms with Gasteiger partial charge in [0, 0.05) is 0 Å². The summed E-state index contributed by atoms with van der Waals surface area (Å²) in [7, 11) is -1.83. The quantitative estimate of drug-likeness (QED) is 0.535. The van der Waals surface area contributed by atoms with Crippen molar-refractivity contribution in [2.24, 2.45) is 5.92 Å². The van der Waals surface area contributed by atoms with E-state index in [2.05, 4.69) is 20.8 Å². The molecule has 120 valence electrons. The normalized spacial score (nSPS) is 25.7. The van der Waals surface area contributed by atoms with Crippen LogP contribution < -0.4 is 0 Å². The van der Waals surface area contributed by atoms with Crippen molar-refractivity contribution >= 4 is 20.3 Å². The van der Waals surface area contributed by atoms with Crippen molar-refractivity contribution in [2.75, 3.05) is 6.61 Å². The molecule has 0 aromatic rings. The first-order chi connectivity index (χ1) is 10.0. The maximum atomic E-state index is 12.4. The van der Waals surface area contributed by atoms with E-state index >= 15 is 0 Å². The molecule has 2 fully saturated rings. The van der Waals surface area contributed by atoms with Crippen molar-refractivity contribution in [1.29, 1.82) is 0 Å². The van der Waals surface area contributed by atoms with Crippen LogP contribution in [0.2, 0.25) is 18.1 Å². The minimum Gasteiger partial charge on any atom is -0.449 e. The van der Waals surface area contributed by atoms with Crippen LogP contribution in [0.5, 0.6) is 0 Å². The van der Waals surface area contributed by atoms with Crippen LogP contribution in [-0.2, 0) is 14.0 Å². The van der Waals surface area contributed by atoms with Crippen molar-refractivity contribution < 1.29 is 18.8 Å². The van der Waals surface area contributed by atoms with Gasteiger partial charge in [-0.15, -0.1) is 0 Å². The standard InChI is InChI=1S/C15H27NO4Si/c1-5-19-15(18)16-12(11-9-10-11)13(14(16)17)20-21(6-2,7-3)8-4/h11-13H,5-10H2,1-4H3/t12-,13+/m0/s1. The number of rotatable bonds is 7. The summed E-state index contributed by atoms with van der Waals surface area (Å²) in [6, 6.07) is 2.95. The molecule has 0 unspecified atom stereocenters. The fourth-order valence-corrected chi connectivity index (χ4v) is 5.95. The molecule has 0 N–H and O–H groups in total. The lowest BCUT2D eigenvalue weighted by molar-refractivity contribution is -0.161. The molecular weight excluding hydrogens is 286 g/mol. The van der Waals surface area contributed by atoms with Crippen LogP contribution in [-0.4, -0.2) is 44.0 Å². The van der Waals surface area contributed by atoms with E-state index in [1.54, 1.807) is 6.92 Å². The van der Waals surface area contributed by atoms with Gasteiger partial charge < -0.3 is 9.16 Å². The van der Waals surface area contributed by atoms with E-state index in [0.717, 1.165) is 31.0 Å². The third-order valence-electron chi connectivity index (χ3n) is 4.97. The van der Waals surface area contributed by atoms with Crippen LogP contribution in [0.3, 0.4) is 0 Å². The minimum atomic E-state index is -1.83. The predicted molar refractivity (Wildman–Crippen MR) is 82.5 cm³/mol. The molecule has 1 aliphatic carbocycles. The average molecular weight is 313 g/mol. The second-order valence-electron chi connectivity index (χ2n) is 6.02. The number of likely N-dealkylation sites (tertiary alicyclic amines) is 1. The zero-order valence-electron chi connectivity index (χ0n) is 13.6. The molecular formula is C15H27NO4Si. The van der Waals surface area contributed by atoms with Gasteiger partial charge in [0.2, 0.25) is 0 Å². The van der Waals surface area contributed by atoms with E-state index in [1.165, 1.54) is 4.90 Å². The number of amides is 2. The highest BCUT2D eigenvalue weighted by Gasteiger charge is 2.59. The highest BCUT2D eigenvalue weighted by Crippen LogP contribution is 2.44. The highest BCUT2D eigenvalue weighted by atomic mass is 28.4. The molecule has 0 bridgehead atoms. The summed E-state index contributed by atoms with van der Waals surface area (Å²) in [5.74, 6) is 0.215. The molecule has 2 aliphatic rings. The van der Waals surface area contributed by atoms with Gasteiger partial charge in [0.1, 0.15) is 6.10 Å². The molecule has 1 saturated heterocycles. The molecule has 2 atom stereocenters. The Bertz CT molecular complexity index is 398. The Kier molecular flexibility index (Phi) is 5.09. The lowest BCUT2D eigenvalue weighted by atomic mass is 9.94. The lowest BCUT2D eigenvalue weighted by Gasteiger charge is -2.48. The maximum Gasteiger partial charge on any atom is 0.416 e. The number of carbonyl (C=O) groups excluding carboxylic acids is 2. The first kappa shape index (κ1) is 16.5. The van der Waals surface area contributed by atoms with Gasteiger partial charge in [-0.1, -0.05) is 20.8 Å². The monoisotopic (exact) mass is 313 g/mol. The summed E-state index contributed by atoms with van der Waals surface area (Å²) in [6.45, 7) is 8.50. The number of hydrogen-bond acceptors (Lipinski definition) is 4. The van der Waals surface area contributed by atoms with Crippen LogP contribution in [0.4, 0.5) is 4.79 Å². The lowest BCUT2D eigenvalue weighted by Crippen LogP contribution is -2.70. The van der Waals surface area contributed by atoms with Crippen LogP contribution in [0, 0.1) is 5.92 Å². The van der Waals surface area contributed by atoms with E-state index in [0.29, 0.717) is 12.5 Å². The van der Waals surface area contributed by atoms with Crippen LogP contribution >= 0.6 is 0 Å². The predicted octanol–water partition coefficient (Wildman–Crippen LogP) is 3.15. The van der Waals surface area contributed by atoms with Crippen molar-refractivity contribution in [2.45, 2.75) is 70.8 Å². The van der Waals surface area contributed by atoms with Gasteiger partial charge in [-0.3, -0.25) is 4.79 Å². The second kappa shape index (κ2) is 6.48. The Balaban J connectivity index is 2.10. The van der Waals surface area contributed by atoms with Gasteiger partial charge in [0.25, 0.3) is 5.91 Å². The molecule has 2 amide bonds. The smallest absolute Gasteiger partial charge is 0.416 e. The Morgan fingerprint density at radius 3 is 2.19 bits per heavy atom. The molecule has 5 nitrogen and oxygen atoms in total. The van der Waals surface area contributed by atoms with Crippen LogP contribution in [0.15, 0.2) is 0 Å². The summed E-state index contributed by atoms with van der Waals surface area (Å²) >= 11 is 0. The Morgan fingerprint density at radius 1 is 1.19 bits per heavy atom. The Labute approximate surface area is 128 Å². The van der Waals surface area contributed by atoms with Crippen molar-refractivity contribution in [3.8, 4) is 0 Å². The van der Waals surface area contributed by atoms with Crippen molar-refractivity contribution in [1.82, 2.24) is 4.90 Å². The first-order valence-electron chi connectivity index (χ1n) is 8.21. The fourth-order valence-electron chi connectivity index (χ4n) is 3.17. The number of imide groups is 1. The second-order valence-corrected chi connectivity index (χ2v) is 10.7. The topological polar surface area (TPSA) is 55.8 Å². The largest absolute Gasteiger partial charge is 0.449 e. The Hall–Kier alpha value is -0.883. The molecule has 6 heteroatoms. The third kappa shape index (κ3) is 3.01. The van der Waals surface area contributed by atoms with E-state index in [-0.39, 0.29) is 11.9 Å². The number of hydrogen-bond donors (Lipinski definition) is 0. The van der Waals surface area contributed by atoms with Gasteiger partial charge in [0.15, 0.2) is 8.32 Å². The molecule has 21 heavy (non-hydrogen) atoms. The van der Waals surface area contributed by atoms with Crippen molar-refractivity contribution in [3.05, 3.63) is 0 Å². The van der Waals surface area contributed by atoms with E-state index in [9.17, 15) is 9.59 Å². The number of β-lactam (4-membered cyclic amide) rings is 1. The first-order valence-corrected chi connectivity index (χ1v) is 10.7. The van der Waals surface area contributed by atoms with Gasteiger partial charge in [-0.25, -0.2) is 9.69 Å². The minimum absolute atomic E-state index is 0.0897. The summed E-state index contributed by atoms with van der Waals surface area (Å²) in [4.78, 5) is 25.6. The van der Waals surface area contributed by atoms with Gasteiger partial charge >= 0.3 is 6.09 Å². The number of ether oxygens (including phenoxy) is 1. The SMILES string of the molecule is CCOC(=O)N1C(=O)[C@H](O[Si](CC)(CC)CC)[C@@H]1C1CC1. The van der Waals surface area contributed by atoms with E-state index < -0.39 is 20.5 Å². The molecule has 2 rings (SSSR count). The maximum absolute atomic E-state index is 12.4. The molecule has 1 saturated carbocycles. The van der Waals surface area contributed by atoms with Crippen molar-refractivity contribution in [3.63, 3.8) is 0 Å². The summed E-state index contributed by atoms with van der Waals surface area (Å²) in [5.41, 5.74) is 0. The number of carbonyl (C=O) groups is 2. The Morgan fingerprint density at radius 2 is 1.76 bits per heavy atom. The molecule has 0 aromatic carbocycles. The van der Waals surface area contributed by atoms with Gasteiger partial charge in [-0.2, -0.15) is 0 Å². The van der Waals surface area contributed by atoms with E-state index in [1.807, 2.05) is 0 Å². The fraction of sp³-hybridized carbons (Fsp3) is 0.867. The van der Waals surface area contributed by atoms with E-state index in [4.69, 9.17) is 9.16 Å². The van der Waals surface area contributed by atoms with Gasteiger partial charge in [0.05, 0.1) is 12.6 Å². The third-order valence-corrected chi connectivity index (χ3v) is 9.59. The molecule has 0 spiro atoms. The summed E-state index contributed by atoms with van der Waals surface area (Å²) < 4.78 is 11.3. The van der Waals surface area contributed by atoms with Crippen LogP contribution in [0.25, 0.3) is 0 Å². The number of nitrogens with zero attached hydrogens (tertiary/aromatic N) is 1. The summed E-state index contributed by atoms with van der Waals surface area (Å²) in [5, 5.41) is 0. The highest BCUT2D eigenvalue weighted by molar-refractivity contribution is 6.73. The zero-order chi connectivity index (χ0) is 15.6.